The zero-order valence-electron chi connectivity index (χ0n) is 12.8. The third-order valence-electron chi connectivity index (χ3n) is 4.06. The maximum Gasteiger partial charge on any atom is 0.240 e. The standard InChI is InChI=1S/C16H24N2O2.ClH/c1-12-5-6-14(20-2)13(11-12)7-10-18-15(19)16(17)8-3-4-9-16;/h5-6,11H,3-4,7-10,17H2,1-2H3,(H,18,19);1H. The number of methoxy groups -OCH3 is 1. The molecule has 118 valence electrons. The minimum Gasteiger partial charge on any atom is -0.496 e. The summed E-state index contributed by atoms with van der Waals surface area (Å²) in [6.45, 7) is 2.65. The number of benzene rings is 1. The van der Waals surface area contributed by atoms with Crippen LogP contribution in [-0.4, -0.2) is 25.1 Å². The molecular formula is C16H25ClN2O2. The van der Waals surface area contributed by atoms with Crippen molar-refractivity contribution in [3.63, 3.8) is 0 Å². The van der Waals surface area contributed by atoms with Gasteiger partial charge < -0.3 is 15.8 Å². The topological polar surface area (TPSA) is 64.3 Å². The van der Waals surface area contributed by atoms with Gasteiger partial charge in [0.05, 0.1) is 12.6 Å². The first kappa shape index (κ1) is 17.8. The maximum absolute atomic E-state index is 12.1. The number of hydrogen-bond donors (Lipinski definition) is 2. The smallest absolute Gasteiger partial charge is 0.240 e. The number of amides is 1. The zero-order valence-corrected chi connectivity index (χ0v) is 13.6. The molecule has 0 aliphatic heterocycles. The summed E-state index contributed by atoms with van der Waals surface area (Å²) in [5.41, 5.74) is 7.79. The van der Waals surface area contributed by atoms with Gasteiger partial charge in [-0.15, -0.1) is 12.4 Å². The Morgan fingerprint density at radius 2 is 2.05 bits per heavy atom. The lowest BCUT2D eigenvalue weighted by molar-refractivity contribution is -0.126. The van der Waals surface area contributed by atoms with Crippen molar-refractivity contribution in [1.29, 1.82) is 0 Å². The molecule has 1 saturated carbocycles. The van der Waals surface area contributed by atoms with Crippen LogP contribution in [0.3, 0.4) is 0 Å². The minimum absolute atomic E-state index is 0. The lowest BCUT2D eigenvalue weighted by atomic mass is 9.98. The van der Waals surface area contributed by atoms with Crippen molar-refractivity contribution >= 4 is 18.3 Å². The van der Waals surface area contributed by atoms with Crippen molar-refractivity contribution in [2.75, 3.05) is 13.7 Å². The van der Waals surface area contributed by atoms with E-state index < -0.39 is 5.54 Å². The Balaban J connectivity index is 0.00000220. The van der Waals surface area contributed by atoms with Crippen molar-refractivity contribution in [2.24, 2.45) is 5.73 Å². The highest BCUT2D eigenvalue weighted by molar-refractivity contribution is 5.86. The van der Waals surface area contributed by atoms with Crippen LogP contribution in [0, 0.1) is 6.92 Å². The summed E-state index contributed by atoms with van der Waals surface area (Å²) in [4.78, 5) is 12.1. The van der Waals surface area contributed by atoms with Crippen molar-refractivity contribution in [2.45, 2.75) is 44.6 Å². The Bertz CT molecular complexity index is 485. The van der Waals surface area contributed by atoms with Crippen LogP contribution in [0.15, 0.2) is 18.2 Å². The molecule has 1 amide bonds. The largest absolute Gasteiger partial charge is 0.496 e. The molecule has 0 atom stereocenters. The molecule has 0 saturated heterocycles. The van der Waals surface area contributed by atoms with E-state index in [0.29, 0.717) is 6.54 Å². The average molecular weight is 313 g/mol. The fourth-order valence-corrected chi connectivity index (χ4v) is 2.82. The number of carbonyl (C=O) groups excluding carboxylic acids is 1. The first-order valence-corrected chi connectivity index (χ1v) is 7.26. The van der Waals surface area contributed by atoms with E-state index in [2.05, 4.69) is 18.3 Å². The third-order valence-corrected chi connectivity index (χ3v) is 4.06. The summed E-state index contributed by atoms with van der Waals surface area (Å²) in [6.07, 6.45) is 4.46. The number of nitrogens with two attached hydrogens (primary N) is 1. The second-order valence-electron chi connectivity index (χ2n) is 5.68. The Morgan fingerprint density at radius 3 is 2.67 bits per heavy atom. The first-order chi connectivity index (χ1) is 9.55. The summed E-state index contributed by atoms with van der Waals surface area (Å²) in [7, 11) is 1.67. The van der Waals surface area contributed by atoms with Gasteiger partial charge in [0.25, 0.3) is 0 Å². The second-order valence-corrected chi connectivity index (χ2v) is 5.68. The lowest BCUT2D eigenvalue weighted by Gasteiger charge is -2.22. The molecule has 5 heteroatoms. The second kappa shape index (κ2) is 7.66. The first-order valence-electron chi connectivity index (χ1n) is 7.26. The normalized spacial score (nSPS) is 16.1. The van der Waals surface area contributed by atoms with E-state index in [4.69, 9.17) is 10.5 Å². The van der Waals surface area contributed by atoms with Crippen molar-refractivity contribution < 1.29 is 9.53 Å². The van der Waals surface area contributed by atoms with E-state index in [1.54, 1.807) is 7.11 Å². The van der Waals surface area contributed by atoms with Crippen LogP contribution in [0.5, 0.6) is 5.75 Å². The fraction of sp³-hybridized carbons (Fsp3) is 0.562. The molecule has 0 heterocycles. The molecule has 1 aliphatic rings. The van der Waals surface area contributed by atoms with Gasteiger partial charge in [-0.25, -0.2) is 0 Å². The minimum atomic E-state index is -0.642. The molecule has 4 nitrogen and oxygen atoms in total. The number of hydrogen-bond acceptors (Lipinski definition) is 3. The molecule has 1 fully saturated rings. The summed E-state index contributed by atoms with van der Waals surface area (Å²) >= 11 is 0. The van der Waals surface area contributed by atoms with Gasteiger partial charge in [-0.05, 0) is 37.8 Å². The van der Waals surface area contributed by atoms with Gasteiger partial charge in [-0.2, -0.15) is 0 Å². The molecule has 1 aliphatic carbocycles. The van der Waals surface area contributed by atoms with Gasteiger partial charge in [0.15, 0.2) is 0 Å². The van der Waals surface area contributed by atoms with Gasteiger partial charge in [0.2, 0.25) is 5.91 Å². The van der Waals surface area contributed by atoms with Crippen LogP contribution < -0.4 is 15.8 Å². The van der Waals surface area contributed by atoms with E-state index in [1.165, 1.54) is 5.56 Å². The maximum atomic E-state index is 12.1. The van der Waals surface area contributed by atoms with E-state index in [1.807, 2.05) is 12.1 Å². The van der Waals surface area contributed by atoms with Crippen LogP contribution >= 0.6 is 12.4 Å². The third kappa shape index (κ3) is 4.35. The molecule has 21 heavy (non-hydrogen) atoms. The zero-order chi connectivity index (χ0) is 14.6. The Morgan fingerprint density at radius 1 is 1.38 bits per heavy atom. The fourth-order valence-electron chi connectivity index (χ4n) is 2.82. The SMILES string of the molecule is COc1ccc(C)cc1CCNC(=O)C1(N)CCCC1.Cl. The Labute approximate surface area is 132 Å². The van der Waals surface area contributed by atoms with Crippen molar-refractivity contribution in [3.8, 4) is 5.75 Å². The number of rotatable bonds is 5. The van der Waals surface area contributed by atoms with Gasteiger partial charge >= 0.3 is 0 Å². The predicted molar refractivity (Wildman–Crippen MR) is 87.1 cm³/mol. The highest BCUT2D eigenvalue weighted by atomic mass is 35.5. The van der Waals surface area contributed by atoms with Crippen molar-refractivity contribution in [1.82, 2.24) is 5.32 Å². The van der Waals surface area contributed by atoms with E-state index in [0.717, 1.165) is 43.4 Å². The van der Waals surface area contributed by atoms with E-state index >= 15 is 0 Å². The monoisotopic (exact) mass is 312 g/mol. The van der Waals surface area contributed by atoms with Crippen LogP contribution in [0.2, 0.25) is 0 Å². The Hall–Kier alpha value is -1.26. The summed E-state index contributed by atoms with van der Waals surface area (Å²) in [6, 6.07) is 6.08. The number of halogens is 1. The van der Waals surface area contributed by atoms with Gasteiger partial charge in [-0.1, -0.05) is 30.5 Å². The number of ether oxygens (including phenoxy) is 1. The molecule has 0 aromatic heterocycles. The molecular weight excluding hydrogens is 288 g/mol. The average Bonchev–Trinajstić information content (AvgIpc) is 2.87. The molecule has 0 bridgehead atoms. The highest BCUT2D eigenvalue weighted by Gasteiger charge is 2.36. The molecule has 0 unspecified atom stereocenters. The number of aryl methyl sites for hydroxylation is 1. The van der Waals surface area contributed by atoms with Crippen LogP contribution in [0.4, 0.5) is 0 Å². The van der Waals surface area contributed by atoms with E-state index in [-0.39, 0.29) is 18.3 Å². The van der Waals surface area contributed by atoms with Gasteiger partial charge in [0.1, 0.15) is 5.75 Å². The molecule has 2 rings (SSSR count). The molecule has 1 aromatic carbocycles. The highest BCUT2D eigenvalue weighted by Crippen LogP contribution is 2.27. The van der Waals surface area contributed by atoms with Crippen LogP contribution in [-0.2, 0) is 11.2 Å². The van der Waals surface area contributed by atoms with Crippen molar-refractivity contribution in [3.05, 3.63) is 29.3 Å². The van der Waals surface area contributed by atoms with Crippen LogP contribution in [0.25, 0.3) is 0 Å². The molecule has 0 spiro atoms. The quantitative estimate of drug-likeness (QED) is 0.877. The lowest BCUT2D eigenvalue weighted by Crippen LogP contribution is -2.52. The summed E-state index contributed by atoms with van der Waals surface area (Å²) < 4.78 is 5.34. The summed E-state index contributed by atoms with van der Waals surface area (Å²) in [5.74, 6) is 0.856. The summed E-state index contributed by atoms with van der Waals surface area (Å²) in [5, 5.41) is 2.96. The number of nitrogens with one attached hydrogen (secondary N) is 1. The molecule has 3 N–H and O–H groups in total. The Kier molecular flexibility index (Phi) is 6.49. The van der Waals surface area contributed by atoms with Crippen LogP contribution in [0.1, 0.15) is 36.8 Å². The van der Waals surface area contributed by atoms with Gasteiger partial charge in [0, 0.05) is 6.54 Å². The van der Waals surface area contributed by atoms with Gasteiger partial charge in [-0.3, -0.25) is 4.79 Å². The molecule has 1 aromatic rings. The number of carbonyl (C=O) groups is 1. The molecule has 0 radical (unpaired) electrons. The predicted octanol–water partition coefficient (Wildman–Crippen LogP) is 2.36. The van der Waals surface area contributed by atoms with E-state index in [9.17, 15) is 4.79 Å².